The fraction of sp³-hybridized carbons (Fsp3) is 0.353. The van der Waals surface area contributed by atoms with Crippen LogP contribution in [0.2, 0.25) is 0 Å². The number of amides is 1. The quantitative estimate of drug-likeness (QED) is 0.669. The number of thioether (sulfide) groups is 1. The van der Waals surface area contributed by atoms with Gasteiger partial charge in [-0.2, -0.15) is 0 Å². The van der Waals surface area contributed by atoms with Crippen molar-refractivity contribution < 1.29 is 4.79 Å². The molecule has 24 heavy (non-hydrogen) atoms. The number of hydrogen-bond acceptors (Lipinski definition) is 6. The summed E-state index contributed by atoms with van der Waals surface area (Å²) in [7, 11) is 0. The first kappa shape index (κ1) is 16.1. The highest BCUT2D eigenvalue weighted by molar-refractivity contribution is 8.02. The minimum absolute atomic E-state index is 0.00893. The van der Waals surface area contributed by atoms with E-state index in [9.17, 15) is 4.79 Å². The van der Waals surface area contributed by atoms with Gasteiger partial charge in [-0.15, -0.1) is 22.7 Å². The molecule has 2 aromatic heterocycles. The van der Waals surface area contributed by atoms with Gasteiger partial charge < -0.3 is 5.32 Å². The third kappa shape index (κ3) is 3.34. The van der Waals surface area contributed by atoms with Crippen LogP contribution in [0.4, 0.5) is 5.13 Å². The van der Waals surface area contributed by atoms with Gasteiger partial charge in [-0.3, -0.25) is 4.79 Å². The van der Waals surface area contributed by atoms with E-state index in [1.54, 1.807) is 22.7 Å². The summed E-state index contributed by atoms with van der Waals surface area (Å²) in [5.41, 5.74) is 2.17. The van der Waals surface area contributed by atoms with Gasteiger partial charge in [0.25, 0.3) is 0 Å². The lowest BCUT2D eigenvalue weighted by molar-refractivity contribution is -0.115. The highest BCUT2D eigenvalue weighted by Gasteiger charge is 2.20. The molecular formula is C17H17N3OS3. The number of rotatable bonds is 4. The number of hydrogen-bond donors (Lipinski definition) is 1. The van der Waals surface area contributed by atoms with Crippen LogP contribution in [-0.2, 0) is 17.6 Å². The van der Waals surface area contributed by atoms with Crippen molar-refractivity contribution in [2.45, 2.75) is 42.2 Å². The summed E-state index contributed by atoms with van der Waals surface area (Å²) in [5, 5.41) is 3.51. The van der Waals surface area contributed by atoms with Gasteiger partial charge in [0.1, 0.15) is 0 Å². The monoisotopic (exact) mass is 375 g/mol. The zero-order valence-corrected chi connectivity index (χ0v) is 15.7. The van der Waals surface area contributed by atoms with Gasteiger partial charge in [0.15, 0.2) is 9.47 Å². The number of nitrogens with one attached hydrogen (secondary N) is 1. The van der Waals surface area contributed by atoms with Gasteiger partial charge in [0, 0.05) is 4.88 Å². The number of para-hydroxylation sites is 1. The summed E-state index contributed by atoms with van der Waals surface area (Å²) in [6.45, 7) is 1.92. The van der Waals surface area contributed by atoms with Crippen LogP contribution in [-0.4, -0.2) is 21.1 Å². The SMILES string of the molecule is C[C@@H](Sc1nc2ccccc2s1)C(=O)Nc1nc2c(s1)CCCC2. The van der Waals surface area contributed by atoms with Crippen LogP contribution >= 0.6 is 34.4 Å². The first-order valence-electron chi connectivity index (χ1n) is 8.01. The second-order valence-corrected chi connectivity index (χ2v) is 9.50. The van der Waals surface area contributed by atoms with Gasteiger partial charge in [-0.05, 0) is 44.7 Å². The number of anilines is 1. The average Bonchev–Trinajstić information content (AvgIpc) is 3.16. The molecule has 1 amide bonds. The Morgan fingerprint density at radius 2 is 2.04 bits per heavy atom. The number of thiazole rings is 2. The Bertz CT molecular complexity index is 830. The third-order valence-corrected chi connectivity index (χ3v) is 7.30. The molecule has 0 unspecified atom stereocenters. The topological polar surface area (TPSA) is 54.9 Å². The molecule has 4 nitrogen and oxygen atoms in total. The van der Waals surface area contributed by atoms with Crippen molar-refractivity contribution in [1.82, 2.24) is 9.97 Å². The lowest BCUT2D eigenvalue weighted by Crippen LogP contribution is -2.22. The molecule has 0 aliphatic heterocycles. The molecule has 0 saturated heterocycles. The fourth-order valence-corrected chi connectivity index (χ4v) is 5.98. The fourth-order valence-electron chi connectivity index (χ4n) is 2.72. The number of aryl methyl sites for hydroxylation is 2. The zero-order valence-electron chi connectivity index (χ0n) is 13.2. The van der Waals surface area contributed by atoms with Crippen LogP contribution in [0.25, 0.3) is 10.2 Å². The Kier molecular flexibility index (Phi) is 4.56. The van der Waals surface area contributed by atoms with Gasteiger partial charge in [-0.25, -0.2) is 9.97 Å². The van der Waals surface area contributed by atoms with Crippen LogP contribution < -0.4 is 5.32 Å². The summed E-state index contributed by atoms with van der Waals surface area (Å²) < 4.78 is 2.08. The molecule has 0 saturated carbocycles. The molecule has 0 bridgehead atoms. The Hall–Kier alpha value is -1.44. The molecule has 2 heterocycles. The maximum absolute atomic E-state index is 12.5. The summed E-state index contributed by atoms with van der Waals surface area (Å²) in [6, 6.07) is 8.05. The first-order chi connectivity index (χ1) is 11.7. The number of nitrogens with zero attached hydrogens (tertiary/aromatic N) is 2. The lowest BCUT2D eigenvalue weighted by atomic mass is 10.0. The Labute approximate surface area is 152 Å². The number of fused-ring (bicyclic) bond motifs is 2. The molecule has 1 N–H and O–H groups in total. The van der Waals surface area contributed by atoms with Crippen molar-refractivity contribution in [2.24, 2.45) is 0 Å². The number of carbonyl (C=O) groups is 1. The molecule has 7 heteroatoms. The molecular weight excluding hydrogens is 358 g/mol. The smallest absolute Gasteiger partial charge is 0.239 e. The van der Waals surface area contributed by atoms with Crippen LogP contribution in [0.5, 0.6) is 0 Å². The molecule has 0 radical (unpaired) electrons. The second kappa shape index (κ2) is 6.82. The second-order valence-electron chi connectivity index (χ2n) is 5.79. The molecule has 0 spiro atoms. The number of carbonyl (C=O) groups excluding carboxylic acids is 1. The predicted molar refractivity (Wildman–Crippen MR) is 102 cm³/mol. The van der Waals surface area contributed by atoms with Crippen molar-refractivity contribution >= 4 is 55.7 Å². The summed E-state index contributed by atoms with van der Waals surface area (Å²) >= 11 is 4.76. The van der Waals surface area contributed by atoms with E-state index >= 15 is 0 Å². The van der Waals surface area contributed by atoms with Gasteiger partial charge in [-0.1, -0.05) is 23.9 Å². The summed E-state index contributed by atoms with van der Waals surface area (Å²) in [4.78, 5) is 23.0. The maximum Gasteiger partial charge on any atom is 0.239 e. The van der Waals surface area contributed by atoms with E-state index in [-0.39, 0.29) is 11.2 Å². The van der Waals surface area contributed by atoms with E-state index in [0.29, 0.717) is 0 Å². The maximum atomic E-state index is 12.5. The first-order valence-corrected chi connectivity index (χ1v) is 10.5. The van der Waals surface area contributed by atoms with E-state index < -0.39 is 0 Å². The minimum Gasteiger partial charge on any atom is -0.301 e. The standard InChI is InChI=1S/C17H17N3OS3/c1-10(22-17-19-12-7-3-5-9-14(12)24-17)15(21)20-16-18-11-6-2-4-8-13(11)23-16/h3,5,7,9-10H,2,4,6,8H2,1H3,(H,18,20,21)/t10-/m1/s1. The lowest BCUT2D eigenvalue weighted by Gasteiger charge is -2.08. The Balaban J connectivity index is 1.42. The van der Waals surface area contributed by atoms with Crippen LogP contribution in [0, 0.1) is 0 Å². The number of aromatic nitrogens is 2. The highest BCUT2D eigenvalue weighted by Crippen LogP contribution is 2.33. The van der Waals surface area contributed by atoms with Gasteiger partial charge in [0.2, 0.25) is 5.91 Å². The molecule has 1 aromatic carbocycles. The van der Waals surface area contributed by atoms with E-state index in [1.807, 2.05) is 25.1 Å². The van der Waals surface area contributed by atoms with Crippen molar-refractivity contribution in [3.8, 4) is 0 Å². The van der Waals surface area contributed by atoms with E-state index in [1.165, 1.54) is 35.2 Å². The van der Waals surface area contributed by atoms with Crippen LogP contribution in [0.1, 0.15) is 30.3 Å². The van der Waals surface area contributed by atoms with E-state index in [0.717, 1.165) is 32.5 Å². The minimum atomic E-state index is -0.202. The van der Waals surface area contributed by atoms with Crippen molar-refractivity contribution in [3.05, 3.63) is 34.8 Å². The van der Waals surface area contributed by atoms with Gasteiger partial charge in [0.05, 0.1) is 21.2 Å². The van der Waals surface area contributed by atoms with Crippen molar-refractivity contribution in [1.29, 1.82) is 0 Å². The summed E-state index contributed by atoms with van der Waals surface area (Å²) in [5.74, 6) is -0.00893. The molecule has 0 fully saturated rings. The van der Waals surface area contributed by atoms with E-state index in [2.05, 4.69) is 21.4 Å². The van der Waals surface area contributed by atoms with Crippen LogP contribution in [0.3, 0.4) is 0 Å². The molecule has 1 aliphatic carbocycles. The predicted octanol–water partition coefficient (Wildman–Crippen LogP) is 4.75. The zero-order chi connectivity index (χ0) is 16.5. The largest absolute Gasteiger partial charge is 0.301 e. The normalized spacial score (nSPS) is 15.2. The molecule has 1 aliphatic rings. The molecule has 124 valence electrons. The third-order valence-electron chi connectivity index (χ3n) is 4.00. The summed E-state index contributed by atoms with van der Waals surface area (Å²) in [6.07, 6.45) is 4.57. The molecule has 3 aromatic rings. The van der Waals surface area contributed by atoms with Gasteiger partial charge >= 0.3 is 0 Å². The van der Waals surface area contributed by atoms with Crippen LogP contribution in [0.15, 0.2) is 28.6 Å². The van der Waals surface area contributed by atoms with Crippen molar-refractivity contribution in [3.63, 3.8) is 0 Å². The van der Waals surface area contributed by atoms with E-state index in [4.69, 9.17) is 0 Å². The Morgan fingerprint density at radius 1 is 1.21 bits per heavy atom. The number of benzene rings is 1. The molecule has 4 rings (SSSR count). The molecule has 1 atom stereocenters. The van der Waals surface area contributed by atoms with Crippen molar-refractivity contribution in [2.75, 3.05) is 5.32 Å². The highest BCUT2D eigenvalue weighted by atomic mass is 32.2. The Morgan fingerprint density at radius 3 is 2.88 bits per heavy atom. The average molecular weight is 376 g/mol.